The van der Waals surface area contributed by atoms with Crippen molar-refractivity contribution in [1.29, 1.82) is 0 Å². The number of amides is 1. The van der Waals surface area contributed by atoms with Crippen LogP contribution >= 0.6 is 27.5 Å². The van der Waals surface area contributed by atoms with E-state index < -0.39 is 0 Å². The van der Waals surface area contributed by atoms with E-state index in [-0.39, 0.29) is 11.8 Å². The molecule has 0 bridgehead atoms. The number of hydrogen-bond donors (Lipinski definition) is 0. The molecule has 3 aromatic rings. The maximum Gasteiger partial charge on any atom is 0.232 e. The van der Waals surface area contributed by atoms with Crippen LogP contribution in [0.4, 0.5) is 5.69 Å². The molecule has 7 heteroatoms. The molecule has 5 nitrogen and oxygen atoms in total. The van der Waals surface area contributed by atoms with Crippen LogP contribution < -0.4 is 4.90 Å². The number of benzene rings is 2. The third kappa shape index (κ3) is 3.27. The molecule has 2 aromatic carbocycles. The molecule has 0 spiro atoms. The molecule has 26 heavy (non-hydrogen) atoms. The zero-order chi connectivity index (χ0) is 18.3. The molecule has 1 aromatic heterocycles. The van der Waals surface area contributed by atoms with Crippen molar-refractivity contribution in [3.63, 3.8) is 0 Å². The van der Waals surface area contributed by atoms with Crippen LogP contribution in [0.1, 0.15) is 23.8 Å². The zero-order valence-corrected chi connectivity index (χ0v) is 16.3. The first-order valence-corrected chi connectivity index (χ1v) is 9.34. The van der Waals surface area contributed by atoms with Gasteiger partial charge in [-0.1, -0.05) is 32.7 Å². The minimum atomic E-state index is -0.116. The highest BCUT2D eigenvalue weighted by molar-refractivity contribution is 9.10. The highest BCUT2D eigenvalue weighted by Gasteiger charge is 2.35. The summed E-state index contributed by atoms with van der Waals surface area (Å²) in [5.41, 5.74) is 2.65. The number of aromatic nitrogens is 2. The van der Waals surface area contributed by atoms with Crippen LogP contribution in [0.2, 0.25) is 5.02 Å². The van der Waals surface area contributed by atoms with Gasteiger partial charge in [0, 0.05) is 33.7 Å². The van der Waals surface area contributed by atoms with E-state index in [2.05, 4.69) is 26.1 Å². The van der Waals surface area contributed by atoms with Crippen molar-refractivity contribution in [2.75, 3.05) is 11.4 Å². The number of carbonyl (C=O) groups excluding carboxylic acids is 1. The van der Waals surface area contributed by atoms with Gasteiger partial charge in [0.1, 0.15) is 0 Å². The van der Waals surface area contributed by atoms with Gasteiger partial charge in [0.2, 0.25) is 17.6 Å². The van der Waals surface area contributed by atoms with Crippen molar-refractivity contribution in [1.82, 2.24) is 10.1 Å². The van der Waals surface area contributed by atoms with Gasteiger partial charge >= 0.3 is 0 Å². The Morgan fingerprint density at radius 1 is 1.23 bits per heavy atom. The summed E-state index contributed by atoms with van der Waals surface area (Å²) in [6.07, 6.45) is 0.351. The molecule has 1 fully saturated rings. The normalized spacial score (nSPS) is 17.1. The highest BCUT2D eigenvalue weighted by Crippen LogP contribution is 2.33. The fourth-order valence-electron chi connectivity index (χ4n) is 3.04. The Labute approximate surface area is 164 Å². The van der Waals surface area contributed by atoms with Gasteiger partial charge in [-0.25, -0.2) is 0 Å². The molecule has 1 aliphatic heterocycles. The minimum Gasteiger partial charge on any atom is -0.339 e. The minimum absolute atomic E-state index is 0.0418. The summed E-state index contributed by atoms with van der Waals surface area (Å²) >= 11 is 9.49. The second-order valence-electron chi connectivity index (χ2n) is 6.30. The summed E-state index contributed by atoms with van der Waals surface area (Å²) in [5.74, 6) is 0.945. The molecule has 2 heterocycles. The summed E-state index contributed by atoms with van der Waals surface area (Å²) in [7, 11) is 0. The summed E-state index contributed by atoms with van der Waals surface area (Å²) in [4.78, 5) is 18.7. The first kappa shape index (κ1) is 17.2. The Morgan fingerprint density at radius 3 is 2.73 bits per heavy atom. The average Bonchev–Trinajstić information content (AvgIpc) is 3.25. The van der Waals surface area contributed by atoms with Gasteiger partial charge in [0.15, 0.2) is 0 Å². The fourth-order valence-corrected chi connectivity index (χ4v) is 3.42. The molecule has 0 radical (unpaired) electrons. The van der Waals surface area contributed by atoms with E-state index in [1.165, 1.54) is 0 Å². The Hall–Kier alpha value is -2.18. The Morgan fingerprint density at radius 2 is 2.00 bits per heavy atom. The molecule has 1 amide bonds. The fraction of sp³-hybridized carbons (Fsp3) is 0.211. The number of anilines is 1. The lowest BCUT2D eigenvalue weighted by atomic mass is 10.1. The van der Waals surface area contributed by atoms with Gasteiger partial charge in [0.25, 0.3) is 0 Å². The second-order valence-corrected chi connectivity index (χ2v) is 7.62. The van der Waals surface area contributed by atoms with Crippen LogP contribution in [-0.4, -0.2) is 22.6 Å². The molecule has 0 N–H and O–H groups in total. The smallest absolute Gasteiger partial charge is 0.232 e. The molecule has 4 rings (SSSR count). The number of hydrogen-bond acceptors (Lipinski definition) is 4. The molecule has 132 valence electrons. The van der Waals surface area contributed by atoms with Crippen LogP contribution in [0.25, 0.3) is 11.4 Å². The number of aryl methyl sites for hydroxylation is 1. The van der Waals surface area contributed by atoms with E-state index in [1.807, 2.05) is 49.4 Å². The van der Waals surface area contributed by atoms with Crippen molar-refractivity contribution < 1.29 is 9.32 Å². The Kier molecular flexibility index (Phi) is 4.54. The lowest BCUT2D eigenvalue weighted by Gasteiger charge is -2.17. The number of halogens is 2. The van der Waals surface area contributed by atoms with Gasteiger partial charge in [-0.05, 0) is 55.0 Å². The van der Waals surface area contributed by atoms with E-state index in [0.29, 0.717) is 29.7 Å². The number of rotatable bonds is 3. The summed E-state index contributed by atoms with van der Waals surface area (Å²) < 4.78 is 6.42. The first-order chi connectivity index (χ1) is 12.5. The zero-order valence-electron chi connectivity index (χ0n) is 13.9. The van der Waals surface area contributed by atoms with Crippen molar-refractivity contribution in [2.24, 2.45) is 0 Å². The Balaban J connectivity index is 1.55. The van der Waals surface area contributed by atoms with E-state index in [0.717, 1.165) is 21.3 Å². The summed E-state index contributed by atoms with van der Waals surface area (Å²) in [6.45, 7) is 2.44. The standard InChI is InChI=1S/C19H15BrClN3O2/c1-11-8-15(6-7-16(11)21)24-10-13(9-17(24)25)19-22-18(23-26-19)12-2-4-14(20)5-3-12/h2-8,13H,9-10H2,1H3. The number of carbonyl (C=O) groups is 1. The average molecular weight is 433 g/mol. The largest absolute Gasteiger partial charge is 0.339 e. The highest BCUT2D eigenvalue weighted by atomic mass is 79.9. The van der Waals surface area contributed by atoms with Crippen LogP contribution in [0, 0.1) is 6.92 Å². The quantitative estimate of drug-likeness (QED) is 0.585. The maximum absolute atomic E-state index is 12.5. The van der Waals surface area contributed by atoms with Crippen molar-refractivity contribution in [3.8, 4) is 11.4 Å². The van der Waals surface area contributed by atoms with Gasteiger partial charge in [-0.2, -0.15) is 4.98 Å². The molecule has 0 aliphatic carbocycles. The molecule has 1 saturated heterocycles. The predicted molar refractivity (Wildman–Crippen MR) is 103 cm³/mol. The third-order valence-electron chi connectivity index (χ3n) is 4.47. The maximum atomic E-state index is 12.5. The van der Waals surface area contributed by atoms with Crippen molar-refractivity contribution in [2.45, 2.75) is 19.3 Å². The topological polar surface area (TPSA) is 59.2 Å². The van der Waals surface area contributed by atoms with E-state index >= 15 is 0 Å². The van der Waals surface area contributed by atoms with E-state index in [4.69, 9.17) is 16.1 Å². The molecule has 1 aliphatic rings. The van der Waals surface area contributed by atoms with Gasteiger partial charge in [-0.3, -0.25) is 4.79 Å². The van der Waals surface area contributed by atoms with Crippen LogP contribution in [-0.2, 0) is 4.79 Å². The molecule has 0 saturated carbocycles. The van der Waals surface area contributed by atoms with E-state index in [1.54, 1.807) is 4.90 Å². The number of nitrogens with zero attached hydrogens (tertiary/aromatic N) is 3. The lowest BCUT2D eigenvalue weighted by molar-refractivity contribution is -0.117. The SMILES string of the molecule is Cc1cc(N2CC(c3nc(-c4ccc(Br)cc4)no3)CC2=O)ccc1Cl. The third-order valence-corrected chi connectivity index (χ3v) is 5.42. The first-order valence-electron chi connectivity index (χ1n) is 8.17. The van der Waals surface area contributed by atoms with E-state index in [9.17, 15) is 4.79 Å². The molecule has 1 unspecified atom stereocenters. The summed E-state index contributed by atoms with van der Waals surface area (Å²) in [5, 5.41) is 4.75. The summed E-state index contributed by atoms with van der Waals surface area (Å²) in [6, 6.07) is 13.3. The molecular formula is C19H15BrClN3O2. The van der Waals surface area contributed by atoms with Crippen molar-refractivity contribution >= 4 is 39.1 Å². The monoisotopic (exact) mass is 431 g/mol. The van der Waals surface area contributed by atoms with Crippen molar-refractivity contribution in [3.05, 3.63) is 63.4 Å². The van der Waals surface area contributed by atoms with Crippen LogP contribution in [0.15, 0.2) is 51.5 Å². The second kappa shape index (κ2) is 6.85. The molecule has 1 atom stereocenters. The van der Waals surface area contributed by atoms with Crippen LogP contribution in [0.5, 0.6) is 0 Å². The van der Waals surface area contributed by atoms with Crippen LogP contribution in [0.3, 0.4) is 0 Å². The van der Waals surface area contributed by atoms with Gasteiger partial charge in [-0.15, -0.1) is 0 Å². The molecular weight excluding hydrogens is 418 g/mol. The van der Waals surface area contributed by atoms with Gasteiger partial charge < -0.3 is 9.42 Å². The lowest BCUT2D eigenvalue weighted by Crippen LogP contribution is -2.24. The Bertz CT molecular complexity index is 971. The predicted octanol–water partition coefficient (Wildman–Crippen LogP) is 4.98. The van der Waals surface area contributed by atoms with Gasteiger partial charge in [0.05, 0.1) is 5.92 Å².